The number of nitrogens with zero attached hydrogens (tertiary/aromatic N) is 3. The second-order valence-corrected chi connectivity index (χ2v) is 2.67. The van der Waals surface area contributed by atoms with Crippen LogP contribution in [0.1, 0.15) is 0 Å². The lowest BCUT2D eigenvalue weighted by Crippen LogP contribution is -2.15. The van der Waals surface area contributed by atoms with E-state index in [2.05, 4.69) is 26.7 Å². The highest BCUT2D eigenvalue weighted by Crippen LogP contribution is 1.97. The number of carboxylic acids is 1. The molecule has 1 heterocycles. The number of aliphatic carboxylic acids is 1. The Morgan fingerprint density at radius 3 is 3.06 bits per heavy atom. The van der Waals surface area contributed by atoms with Crippen molar-refractivity contribution in [3.8, 4) is 0 Å². The molecule has 0 aliphatic heterocycles. The van der Waals surface area contributed by atoms with Crippen LogP contribution < -0.4 is 5.32 Å². The quantitative estimate of drug-likeness (QED) is 0.689. The largest absolute Gasteiger partial charge is 0.480 e. The van der Waals surface area contributed by atoms with Gasteiger partial charge in [0.25, 0.3) is 5.95 Å². The van der Waals surface area contributed by atoms with E-state index in [1.807, 2.05) is 0 Å². The average molecular weight is 226 g/mol. The van der Waals surface area contributed by atoms with Gasteiger partial charge in [-0.2, -0.15) is 0 Å². The summed E-state index contributed by atoms with van der Waals surface area (Å²) in [5.41, 5.74) is 0. The molecule has 0 unspecified atom stereocenters. The minimum Gasteiger partial charge on any atom is -0.480 e. The number of aromatic nitrogens is 3. The molecule has 1 aromatic heterocycles. The summed E-state index contributed by atoms with van der Waals surface area (Å²) < 4.78 is 5.69. The van der Waals surface area contributed by atoms with Gasteiger partial charge in [0.05, 0.1) is 0 Å². The van der Waals surface area contributed by atoms with Gasteiger partial charge in [-0.3, -0.25) is 10.1 Å². The van der Waals surface area contributed by atoms with Crippen LogP contribution in [0.2, 0.25) is 0 Å². The third-order valence-electron chi connectivity index (χ3n) is 1.38. The Morgan fingerprint density at radius 2 is 2.44 bits per heavy atom. The maximum atomic E-state index is 11.0. The van der Waals surface area contributed by atoms with Crippen LogP contribution in [0.25, 0.3) is 0 Å². The second kappa shape index (κ2) is 5.49. The first-order valence-electron chi connectivity index (χ1n) is 4.27. The molecule has 16 heavy (non-hydrogen) atoms. The van der Waals surface area contributed by atoms with Crippen LogP contribution in [0.15, 0.2) is 19.0 Å². The van der Waals surface area contributed by atoms with Crippen molar-refractivity contribution in [3.05, 3.63) is 19.0 Å². The normalized spacial score (nSPS) is 9.50. The molecule has 2 N–H and O–H groups in total. The predicted molar refractivity (Wildman–Crippen MR) is 52.8 cm³/mol. The zero-order valence-electron chi connectivity index (χ0n) is 8.29. The molecule has 0 bridgehead atoms. The first-order chi connectivity index (χ1) is 7.61. The van der Waals surface area contributed by atoms with Crippen LogP contribution in [-0.2, 0) is 16.1 Å². The highest BCUT2D eigenvalue weighted by Gasteiger charge is 2.07. The number of rotatable bonds is 5. The molecule has 0 fully saturated rings. The van der Waals surface area contributed by atoms with Gasteiger partial charge in [-0.05, 0) is 0 Å². The van der Waals surface area contributed by atoms with Crippen molar-refractivity contribution in [1.29, 1.82) is 0 Å². The molecule has 0 saturated heterocycles. The van der Waals surface area contributed by atoms with E-state index in [0.29, 0.717) is 0 Å². The van der Waals surface area contributed by atoms with E-state index >= 15 is 0 Å². The van der Waals surface area contributed by atoms with Crippen LogP contribution in [0, 0.1) is 0 Å². The molecule has 1 rings (SSSR count). The van der Waals surface area contributed by atoms with E-state index in [9.17, 15) is 9.59 Å². The summed E-state index contributed by atoms with van der Waals surface area (Å²) in [4.78, 5) is 25.0. The van der Waals surface area contributed by atoms with Gasteiger partial charge >= 0.3 is 12.1 Å². The molecule has 0 radical (unpaired) electrons. The van der Waals surface area contributed by atoms with Gasteiger partial charge in [-0.15, -0.1) is 5.10 Å². The number of hydrogen-bond donors (Lipinski definition) is 2. The summed E-state index contributed by atoms with van der Waals surface area (Å²) in [5, 5.41) is 14.4. The van der Waals surface area contributed by atoms with Crippen molar-refractivity contribution in [3.63, 3.8) is 0 Å². The molecule has 0 spiro atoms. The number of carboxylic acid groups (broad SMARTS) is 1. The molecular weight excluding hydrogens is 216 g/mol. The third-order valence-corrected chi connectivity index (χ3v) is 1.38. The number of anilines is 1. The van der Waals surface area contributed by atoms with E-state index < -0.39 is 12.1 Å². The molecule has 86 valence electrons. The molecule has 8 nitrogen and oxygen atoms in total. The number of ether oxygens (including phenoxy) is 1. The van der Waals surface area contributed by atoms with Crippen molar-refractivity contribution in [1.82, 2.24) is 14.8 Å². The second-order valence-electron chi connectivity index (χ2n) is 2.67. The monoisotopic (exact) mass is 226 g/mol. The fourth-order valence-electron chi connectivity index (χ4n) is 0.829. The Balaban J connectivity index is 2.48. The lowest BCUT2D eigenvalue weighted by molar-refractivity contribution is -0.137. The van der Waals surface area contributed by atoms with Crippen molar-refractivity contribution in [2.75, 3.05) is 11.9 Å². The Morgan fingerprint density at radius 1 is 1.69 bits per heavy atom. The number of nitrogens with one attached hydrogen (secondary N) is 1. The molecule has 0 atom stereocenters. The van der Waals surface area contributed by atoms with Crippen LogP contribution in [-0.4, -0.2) is 38.5 Å². The van der Waals surface area contributed by atoms with Gasteiger partial charge in [0.2, 0.25) is 0 Å². The standard InChI is InChI=1S/C8H10N4O4/c1-2-3-16-8(15)10-7-9-5-12(11-7)4-6(13)14/h2,5H,1,3-4H2,(H,13,14)(H,10,11,15). The fourth-order valence-corrected chi connectivity index (χ4v) is 0.829. The molecule has 0 aromatic carbocycles. The lowest BCUT2D eigenvalue weighted by atomic mass is 10.7. The van der Waals surface area contributed by atoms with E-state index in [0.717, 1.165) is 4.68 Å². The first-order valence-corrected chi connectivity index (χ1v) is 4.27. The topological polar surface area (TPSA) is 106 Å². The molecular formula is C8H10N4O4. The van der Waals surface area contributed by atoms with Gasteiger partial charge in [0.1, 0.15) is 19.5 Å². The average Bonchev–Trinajstić information content (AvgIpc) is 2.61. The van der Waals surface area contributed by atoms with Gasteiger partial charge in [0, 0.05) is 0 Å². The van der Waals surface area contributed by atoms with E-state index in [1.54, 1.807) is 0 Å². The summed E-state index contributed by atoms with van der Waals surface area (Å²) in [5.74, 6) is -1.07. The van der Waals surface area contributed by atoms with Crippen molar-refractivity contribution in [2.24, 2.45) is 0 Å². The van der Waals surface area contributed by atoms with Gasteiger partial charge in [-0.1, -0.05) is 12.7 Å². The minimum atomic E-state index is -1.05. The maximum Gasteiger partial charge on any atom is 0.414 e. The van der Waals surface area contributed by atoms with Crippen LogP contribution in [0.4, 0.5) is 10.7 Å². The third kappa shape index (κ3) is 3.78. The minimum absolute atomic E-state index is 0.0182. The summed E-state index contributed by atoms with van der Waals surface area (Å²) in [6.07, 6.45) is 1.88. The summed E-state index contributed by atoms with van der Waals surface area (Å²) in [7, 11) is 0. The molecule has 0 aliphatic carbocycles. The Kier molecular flexibility index (Phi) is 4.01. The Hall–Kier alpha value is -2.38. The van der Waals surface area contributed by atoms with E-state index in [1.165, 1.54) is 12.4 Å². The van der Waals surface area contributed by atoms with Gasteiger partial charge < -0.3 is 9.84 Å². The zero-order valence-corrected chi connectivity index (χ0v) is 8.29. The summed E-state index contributed by atoms with van der Waals surface area (Å²) in [6, 6.07) is 0. The number of amides is 1. The number of hydrogen-bond acceptors (Lipinski definition) is 5. The zero-order chi connectivity index (χ0) is 12.0. The van der Waals surface area contributed by atoms with Gasteiger partial charge in [0.15, 0.2) is 0 Å². The maximum absolute atomic E-state index is 11.0. The summed E-state index contributed by atoms with van der Waals surface area (Å²) in [6.45, 7) is 3.12. The van der Waals surface area contributed by atoms with Crippen molar-refractivity contribution in [2.45, 2.75) is 6.54 Å². The highest BCUT2D eigenvalue weighted by atomic mass is 16.5. The first kappa shape index (κ1) is 11.7. The van der Waals surface area contributed by atoms with Crippen LogP contribution in [0.3, 0.4) is 0 Å². The molecule has 0 aliphatic rings. The van der Waals surface area contributed by atoms with E-state index in [4.69, 9.17) is 5.11 Å². The molecule has 1 amide bonds. The molecule has 0 saturated carbocycles. The Bertz CT molecular complexity index is 400. The summed E-state index contributed by atoms with van der Waals surface area (Å²) >= 11 is 0. The van der Waals surface area contributed by atoms with Crippen LogP contribution >= 0.6 is 0 Å². The smallest absolute Gasteiger partial charge is 0.414 e. The van der Waals surface area contributed by atoms with Gasteiger partial charge in [-0.25, -0.2) is 14.5 Å². The molecule has 8 heteroatoms. The predicted octanol–water partition coefficient (Wildman–Crippen LogP) is 0.0972. The Labute approximate surface area is 90.5 Å². The molecule has 1 aromatic rings. The SMILES string of the molecule is C=CCOC(=O)Nc1ncn(CC(=O)O)n1. The fraction of sp³-hybridized carbons (Fsp3) is 0.250. The number of carbonyl (C=O) groups is 2. The van der Waals surface area contributed by atoms with Crippen LogP contribution in [0.5, 0.6) is 0 Å². The van der Waals surface area contributed by atoms with Crippen molar-refractivity contribution >= 4 is 18.0 Å². The van der Waals surface area contributed by atoms with E-state index in [-0.39, 0.29) is 19.1 Å². The highest BCUT2D eigenvalue weighted by molar-refractivity contribution is 5.82. The number of carbonyl (C=O) groups excluding carboxylic acids is 1. The lowest BCUT2D eigenvalue weighted by Gasteiger charge is -2.00. The van der Waals surface area contributed by atoms with Crippen molar-refractivity contribution < 1.29 is 19.4 Å².